The molecule has 0 bridgehead atoms. The molecule has 2 atom stereocenters. The Morgan fingerprint density at radius 3 is 2.53 bits per heavy atom. The van der Waals surface area contributed by atoms with Crippen molar-refractivity contribution in [1.29, 1.82) is 0 Å². The largest absolute Gasteiger partial charge is 0.489 e. The summed E-state index contributed by atoms with van der Waals surface area (Å²) in [6.45, 7) is 0. The molecule has 2 aliphatic rings. The van der Waals surface area contributed by atoms with E-state index in [-0.39, 0.29) is 11.9 Å². The Morgan fingerprint density at radius 2 is 2.00 bits per heavy atom. The topological polar surface area (TPSA) is 63.6 Å². The van der Waals surface area contributed by atoms with Crippen molar-refractivity contribution in [3.05, 3.63) is 28.8 Å². The summed E-state index contributed by atoms with van der Waals surface area (Å²) in [7, 11) is 0. The molecule has 0 unspecified atom stereocenters. The lowest BCUT2D eigenvalue weighted by Gasteiger charge is -2.08. The summed E-state index contributed by atoms with van der Waals surface area (Å²) >= 11 is 6.08. The second-order valence-electron chi connectivity index (χ2n) is 5.11. The SMILES string of the molecule is O=C(O)[C@@H]1C[C@H]1C(=O)c1ccc(OC2CC2)c(Cl)c1. The Balaban J connectivity index is 1.73. The molecule has 1 aromatic rings. The Morgan fingerprint density at radius 1 is 1.26 bits per heavy atom. The minimum Gasteiger partial charge on any atom is -0.489 e. The van der Waals surface area contributed by atoms with E-state index in [0.29, 0.717) is 22.8 Å². The van der Waals surface area contributed by atoms with Crippen molar-refractivity contribution < 1.29 is 19.4 Å². The van der Waals surface area contributed by atoms with Crippen LogP contribution < -0.4 is 4.74 Å². The van der Waals surface area contributed by atoms with Crippen LogP contribution in [-0.4, -0.2) is 23.0 Å². The number of benzene rings is 1. The molecule has 2 saturated carbocycles. The van der Waals surface area contributed by atoms with Crippen LogP contribution in [0.25, 0.3) is 0 Å². The normalized spacial score (nSPS) is 24.9. The minimum atomic E-state index is -0.905. The van der Waals surface area contributed by atoms with Gasteiger partial charge in [0.1, 0.15) is 5.75 Å². The van der Waals surface area contributed by atoms with Crippen LogP contribution >= 0.6 is 11.6 Å². The summed E-state index contributed by atoms with van der Waals surface area (Å²) in [5, 5.41) is 9.23. The molecule has 1 N–H and O–H groups in total. The van der Waals surface area contributed by atoms with Gasteiger partial charge in [-0.1, -0.05) is 11.6 Å². The van der Waals surface area contributed by atoms with Crippen LogP contribution in [0.3, 0.4) is 0 Å². The maximum atomic E-state index is 12.1. The fraction of sp³-hybridized carbons (Fsp3) is 0.429. The number of hydrogen-bond acceptors (Lipinski definition) is 3. The summed E-state index contributed by atoms with van der Waals surface area (Å²) in [4.78, 5) is 22.8. The first kappa shape index (κ1) is 12.5. The van der Waals surface area contributed by atoms with Crippen molar-refractivity contribution in [2.24, 2.45) is 11.8 Å². The standard InChI is InChI=1S/C14H13ClO4/c15-11-5-7(1-4-12(11)19-8-2-3-8)13(16)9-6-10(9)14(17)18/h1,4-5,8-10H,2-3,6H2,(H,17,18)/t9-,10-/m1/s1. The van der Waals surface area contributed by atoms with Crippen LogP contribution in [0.15, 0.2) is 18.2 Å². The number of halogens is 1. The number of carbonyl (C=O) groups is 2. The van der Waals surface area contributed by atoms with E-state index < -0.39 is 17.8 Å². The van der Waals surface area contributed by atoms with Gasteiger partial charge >= 0.3 is 5.97 Å². The van der Waals surface area contributed by atoms with Gasteiger partial charge in [-0.15, -0.1) is 0 Å². The number of rotatable bonds is 5. The van der Waals surface area contributed by atoms with Gasteiger partial charge in [0, 0.05) is 11.5 Å². The lowest BCUT2D eigenvalue weighted by atomic mass is 10.1. The first-order valence-corrected chi connectivity index (χ1v) is 6.67. The summed E-state index contributed by atoms with van der Waals surface area (Å²) < 4.78 is 5.59. The van der Waals surface area contributed by atoms with E-state index in [9.17, 15) is 9.59 Å². The summed E-state index contributed by atoms with van der Waals surface area (Å²) in [5.41, 5.74) is 0.460. The molecular formula is C14H13ClO4. The van der Waals surface area contributed by atoms with Crippen LogP contribution in [-0.2, 0) is 4.79 Å². The lowest BCUT2D eigenvalue weighted by Crippen LogP contribution is -2.08. The van der Waals surface area contributed by atoms with Gasteiger partial charge in [-0.05, 0) is 37.5 Å². The maximum absolute atomic E-state index is 12.1. The zero-order chi connectivity index (χ0) is 13.6. The number of carboxylic acids is 1. The van der Waals surface area contributed by atoms with Gasteiger partial charge < -0.3 is 9.84 Å². The molecule has 0 aromatic heterocycles. The summed E-state index contributed by atoms with van der Waals surface area (Å²) in [6.07, 6.45) is 2.75. The van der Waals surface area contributed by atoms with Crippen LogP contribution in [0.5, 0.6) is 5.75 Å². The van der Waals surface area contributed by atoms with Crippen LogP contribution in [0.2, 0.25) is 5.02 Å². The van der Waals surface area contributed by atoms with Crippen molar-refractivity contribution in [2.45, 2.75) is 25.4 Å². The first-order chi connectivity index (χ1) is 9.06. The molecule has 0 amide bonds. The van der Waals surface area contributed by atoms with Gasteiger partial charge in [-0.3, -0.25) is 9.59 Å². The van der Waals surface area contributed by atoms with Gasteiger partial charge in [-0.25, -0.2) is 0 Å². The lowest BCUT2D eigenvalue weighted by molar-refractivity contribution is -0.138. The van der Waals surface area contributed by atoms with Gasteiger partial charge in [0.25, 0.3) is 0 Å². The fourth-order valence-electron chi connectivity index (χ4n) is 2.09. The highest BCUT2D eigenvalue weighted by Crippen LogP contribution is 2.42. The Hall–Kier alpha value is -1.55. The van der Waals surface area contributed by atoms with E-state index >= 15 is 0 Å². The molecule has 5 heteroatoms. The number of hydrogen-bond donors (Lipinski definition) is 1. The Kier molecular flexibility index (Phi) is 2.97. The van der Waals surface area contributed by atoms with Gasteiger partial charge in [0.2, 0.25) is 0 Å². The highest BCUT2D eigenvalue weighted by atomic mass is 35.5. The molecule has 2 fully saturated rings. The molecule has 0 heterocycles. The monoisotopic (exact) mass is 280 g/mol. The molecular weight excluding hydrogens is 268 g/mol. The minimum absolute atomic E-state index is 0.146. The van der Waals surface area contributed by atoms with Gasteiger partial charge in [-0.2, -0.15) is 0 Å². The number of ether oxygens (including phenoxy) is 1. The Labute approximate surface area is 115 Å². The quantitative estimate of drug-likeness (QED) is 0.843. The number of aliphatic carboxylic acids is 1. The maximum Gasteiger partial charge on any atom is 0.307 e. The third-order valence-corrected chi connectivity index (χ3v) is 3.77. The number of carboxylic acid groups (broad SMARTS) is 1. The average Bonchev–Trinajstić information content (AvgIpc) is 3.24. The molecule has 0 radical (unpaired) electrons. The number of ketones is 1. The zero-order valence-corrected chi connectivity index (χ0v) is 10.9. The predicted octanol–water partition coefficient (Wildman–Crippen LogP) is 2.78. The van der Waals surface area contributed by atoms with Crippen molar-refractivity contribution in [2.75, 3.05) is 0 Å². The summed E-state index contributed by atoms with van der Waals surface area (Å²) in [6, 6.07) is 4.91. The van der Waals surface area contributed by atoms with Crippen LogP contribution in [0, 0.1) is 11.8 Å². The van der Waals surface area contributed by atoms with E-state index in [1.807, 2.05) is 0 Å². The van der Waals surface area contributed by atoms with Crippen molar-refractivity contribution >= 4 is 23.4 Å². The van der Waals surface area contributed by atoms with Gasteiger partial charge in [0.15, 0.2) is 5.78 Å². The van der Waals surface area contributed by atoms with E-state index in [1.54, 1.807) is 18.2 Å². The molecule has 4 nitrogen and oxygen atoms in total. The number of Topliss-reactive ketones (excluding diaryl/α,β-unsaturated/α-hetero) is 1. The van der Waals surface area contributed by atoms with Crippen LogP contribution in [0.1, 0.15) is 29.6 Å². The number of carbonyl (C=O) groups excluding carboxylic acids is 1. The molecule has 2 aliphatic carbocycles. The fourth-order valence-corrected chi connectivity index (χ4v) is 2.31. The molecule has 1 aromatic carbocycles. The molecule has 19 heavy (non-hydrogen) atoms. The third kappa shape index (κ3) is 2.59. The van der Waals surface area contributed by atoms with Crippen molar-refractivity contribution in [3.63, 3.8) is 0 Å². The highest BCUT2D eigenvalue weighted by Gasteiger charge is 2.48. The molecule has 0 spiro atoms. The van der Waals surface area contributed by atoms with E-state index in [0.717, 1.165) is 12.8 Å². The smallest absolute Gasteiger partial charge is 0.307 e. The molecule has 0 aliphatic heterocycles. The predicted molar refractivity (Wildman–Crippen MR) is 68.7 cm³/mol. The molecule has 3 rings (SSSR count). The van der Waals surface area contributed by atoms with Gasteiger partial charge in [0.05, 0.1) is 17.0 Å². The Bertz CT molecular complexity index is 550. The highest BCUT2D eigenvalue weighted by molar-refractivity contribution is 6.32. The van der Waals surface area contributed by atoms with Crippen molar-refractivity contribution in [1.82, 2.24) is 0 Å². The summed E-state index contributed by atoms with van der Waals surface area (Å²) in [5.74, 6) is -1.39. The molecule has 100 valence electrons. The second-order valence-corrected chi connectivity index (χ2v) is 5.52. The third-order valence-electron chi connectivity index (χ3n) is 3.48. The first-order valence-electron chi connectivity index (χ1n) is 6.29. The van der Waals surface area contributed by atoms with Crippen LogP contribution in [0.4, 0.5) is 0 Å². The van der Waals surface area contributed by atoms with E-state index in [4.69, 9.17) is 21.4 Å². The zero-order valence-electron chi connectivity index (χ0n) is 10.1. The molecule has 0 saturated heterocycles. The average molecular weight is 281 g/mol. The van der Waals surface area contributed by atoms with E-state index in [2.05, 4.69) is 0 Å². The second kappa shape index (κ2) is 4.53. The van der Waals surface area contributed by atoms with E-state index in [1.165, 1.54) is 0 Å². The van der Waals surface area contributed by atoms with Crippen molar-refractivity contribution in [3.8, 4) is 5.75 Å².